The van der Waals surface area contributed by atoms with Gasteiger partial charge in [-0.1, -0.05) is 13.0 Å². The molecule has 1 aliphatic heterocycles. The van der Waals surface area contributed by atoms with Crippen molar-refractivity contribution in [1.82, 2.24) is 9.88 Å². The first kappa shape index (κ1) is 14.0. The molecular formula is C14H21N3O2. The highest BCUT2D eigenvalue weighted by Gasteiger charge is 2.36. The molecule has 19 heavy (non-hydrogen) atoms. The molecule has 0 saturated carbocycles. The van der Waals surface area contributed by atoms with Crippen LogP contribution in [0.3, 0.4) is 0 Å². The molecule has 1 atom stereocenters. The van der Waals surface area contributed by atoms with Crippen LogP contribution in [0, 0.1) is 5.41 Å². The fourth-order valence-corrected chi connectivity index (χ4v) is 2.15. The monoisotopic (exact) mass is 263 g/mol. The van der Waals surface area contributed by atoms with Crippen molar-refractivity contribution in [3.8, 4) is 0 Å². The summed E-state index contributed by atoms with van der Waals surface area (Å²) in [5.41, 5.74) is 0.175. The van der Waals surface area contributed by atoms with Crippen LogP contribution < -0.4 is 5.32 Å². The summed E-state index contributed by atoms with van der Waals surface area (Å²) in [5, 5.41) is 2.82. The van der Waals surface area contributed by atoms with Crippen molar-refractivity contribution >= 4 is 11.7 Å². The summed E-state index contributed by atoms with van der Waals surface area (Å²) < 4.78 is 5.24. The highest BCUT2D eigenvalue weighted by Crippen LogP contribution is 2.27. The van der Waals surface area contributed by atoms with Crippen LogP contribution in [0.25, 0.3) is 0 Å². The maximum absolute atomic E-state index is 12.1. The minimum atomic E-state index is -0.195. The van der Waals surface area contributed by atoms with Crippen LogP contribution in [0.4, 0.5) is 5.82 Å². The van der Waals surface area contributed by atoms with Gasteiger partial charge in [-0.3, -0.25) is 9.69 Å². The first-order valence-electron chi connectivity index (χ1n) is 6.50. The molecule has 0 spiro atoms. The Labute approximate surface area is 114 Å². The number of hydrogen-bond donors (Lipinski definition) is 1. The van der Waals surface area contributed by atoms with Crippen molar-refractivity contribution in [3.05, 3.63) is 24.4 Å². The zero-order valence-electron chi connectivity index (χ0n) is 11.7. The van der Waals surface area contributed by atoms with Gasteiger partial charge in [0.05, 0.1) is 19.3 Å². The fourth-order valence-electron chi connectivity index (χ4n) is 2.15. The van der Waals surface area contributed by atoms with E-state index in [-0.39, 0.29) is 17.4 Å². The van der Waals surface area contributed by atoms with Crippen molar-refractivity contribution in [2.24, 2.45) is 5.41 Å². The molecule has 0 aliphatic carbocycles. The summed E-state index contributed by atoms with van der Waals surface area (Å²) in [7, 11) is 1.96. The smallest absolute Gasteiger partial charge is 0.242 e. The second-order valence-electron chi connectivity index (χ2n) is 5.60. The Bertz CT molecular complexity index is 432. The number of ether oxygens (including phenoxy) is 1. The minimum Gasteiger partial charge on any atom is -0.380 e. The minimum absolute atomic E-state index is 0.0370. The first-order chi connectivity index (χ1) is 9.00. The van der Waals surface area contributed by atoms with Gasteiger partial charge in [-0.05, 0) is 26.1 Å². The maximum Gasteiger partial charge on any atom is 0.242 e. The number of hydrogen-bond acceptors (Lipinski definition) is 4. The van der Waals surface area contributed by atoms with Gasteiger partial charge >= 0.3 is 0 Å². The Morgan fingerprint density at radius 1 is 1.58 bits per heavy atom. The molecule has 1 amide bonds. The van der Waals surface area contributed by atoms with Crippen molar-refractivity contribution in [2.75, 3.05) is 32.1 Å². The molecule has 1 aliphatic rings. The molecule has 0 bridgehead atoms. The molecular weight excluding hydrogens is 242 g/mol. The van der Waals surface area contributed by atoms with Gasteiger partial charge in [0, 0.05) is 18.2 Å². The Balaban J connectivity index is 1.87. The Morgan fingerprint density at radius 3 is 2.84 bits per heavy atom. The number of anilines is 1. The zero-order valence-corrected chi connectivity index (χ0v) is 11.7. The van der Waals surface area contributed by atoms with Gasteiger partial charge in [-0.2, -0.15) is 0 Å². The third kappa shape index (κ3) is 3.52. The first-order valence-corrected chi connectivity index (χ1v) is 6.50. The average molecular weight is 263 g/mol. The standard InChI is InChI=1S/C14H21N3O2/c1-11(17(3)8-14(2)9-19-10-14)13(18)16-12-6-4-5-7-15-12/h4-7,11H,8-10H2,1-3H3,(H,15,16,18). The summed E-state index contributed by atoms with van der Waals surface area (Å²) in [5.74, 6) is 0.552. The van der Waals surface area contributed by atoms with Crippen LogP contribution in [0.15, 0.2) is 24.4 Å². The molecule has 2 heterocycles. The zero-order chi connectivity index (χ0) is 13.9. The van der Waals surface area contributed by atoms with E-state index in [1.165, 1.54) is 0 Å². The van der Waals surface area contributed by atoms with Gasteiger partial charge in [0.2, 0.25) is 5.91 Å². The normalized spacial score (nSPS) is 18.7. The number of nitrogens with zero attached hydrogens (tertiary/aromatic N) is 2. The van der Waals surface area contributed by atoms with Gasteiger partial charge in [0.15, 0.2) is 0 Å². The summed E-state index contributed by atoms with van der Waals surface area (Å²) in [6.07, 6.45) is 1.66. The van der Waals surface area contributed by atoms with Crippen LogP contribution in [0.1, 0.15) is 13.8 Å². The van der Waals surface area contributed by atoms with Crippen LogP contribution in [0.5, 0.6) is 0 Å². The predicted octanol–water partition coefficient (Wildman–Crippen LogP) is 1.38. The number of pyridine rings is 1. The number of carbonyl (C=O) groups is 1. The molecule has 5 nitrogen and oxygen atoms in total. The molecule has 1 unspecified atom stereocenters. The molecule has 1 fully saturated rings. The third-order valence-corrected chi connectivity index (χ3v) is 3.49. The summed E-state index contributed by atoms with van der Waals surface area (Å²) in [6.45, 7) is 6.47. The topological polar surface area (TPSA) is 54.5 Å². The number of likely N-dealkylation sites (N-methyl/N-ethyl adjacent to an activating group) is 1. The van der Waals surface area contributed by atoms with E-state index < -0.39 is 0 Å². The second kappa shape index (κ2) is 5.67. The lowest BCUT2D eigenvalue weighted by atomic mass is 9.88. The van der Waals surface area contributed by atoms with Crippen molar-refractivity contribution in [1.29, 1.82) is 0 Å². The van der Waals surface area contributed by atoms with Gasteiger partial charge in [-0.15, -0.1) is 0 Å². The Morgan fingerprint density at radius 2 is 2.32 bits per heavy atom. The molecule has 5 heteroatoms. The van der Waals surface area contributed by atoms with E-state index in [1.54, 1.807) is 12.3 Å². The summed E-state index contributed by atoms with van der Waals surface area (Å²) in [4.78, 5) is 18.3. The summed E-state index contributed by atoms with van der Waals surface area (Å²) >= 11 is 0. The van der Waals surface area contributed by atoms with Gasteiger partial charge < -0.3 is 10.1 Å². The highest BCUT2D eigenvalue weighted by atomic mass is 16.5. The largest absolute Gasteiger partial charge is 0.380 e. The maximum atomic E-state index is 12.1. The molecule has 2 rings (SSSR count). The van der Waals surface area contributed by atoms with Crippen LogP contribution in [-0.2, 0) is 9.53 Å². The lowest BCUT2D eigenvalue weighted by Crippen LogP contribution is -2.51. The van der Waals surface area contributed by atoms with Gasteiger partial charge in [0.25, 0.3) is 0 Å². The van der Waals surface area contributed by atoms with E-state index >= 15 is 0 Å². The fraction of sp³-hybridized carbons (Fsp3) is 0.571. The van der Waals surface area contributed by atoms with E-state index in [9.17, 15) is 4.79 Å². The van der Waals surface area contributed by atoms with Gasteiger partial charge in [0.1, 0.15) is 5.82 Å². The van der Waals surface area contributed by atoms with E-state index in [1.807, 2.05) is 26.1 Å². The molecule has 0 aromatic carbocycles. The number of nitrogens with one attached hydrogen (secondary N) is 1. The molecule has 104 valence electrons. The number of carbonyl (C=O) groups excluding carboxylic acids is 1. The molecule has 0 radical (unpaired) electrons. The van der Waals surface area contributed by atoms with Crippen molar-refractivity contribution < 1.29 is 9.53 Å². The Kier molecular flexibility index (Phi) is 4.17. The van der Waals surface area contributed by atoms with E-state index in [0.717, 1.165) is 19.8 Å². The predicted molar refractivity (Wildman–Crippen MR) is 73.9 cm³/mol. The van der Waals surface area contributed by atoms with Gasteiger partial charge in [-0.25, -0.2) is 4.98 Å². The molecule has 1 aromatic heterocycles. The lowest BCUT2D eigenvalue weighted by molar-refractivity contribution is -0.129. The molecule has 1 saturated heterocycles. The third-order valence-electron chi connectivity index (χ3n) is 3.49. The van der Waals surface area contributed by atoms with E-state index in [0.29, 0.717) is 5.82 Å². The Hall–Kier alpha value is -1.46. The van der Waals surface area contributed by atoms with Crippen molar-refractivity contribution in [3.63, 3.8) is 0 Å². The molecule has 1 aromatic rings. The second-order valence-corrected chi connectivity index (χ2v) is 5.60. The van der Waals surface area contributed by atoms with Crippen LogP contribution in [0.2, 0.25) is 0 Å². The van der Waals surface area contributed by atoms with E-state index in [2.05, 4.69) is 22.1 Å². The van der Waals surface area contributed by atoms with Crippen molar-refractivity contribution in [2.45, 2.75) is 19.9 Å². The molecule has 1 N–H and O–H groups in total. The van der Waals surface area contributed by atoms with E-state index in [4.69, 9.17) is 4.74 Å². The summed E-state index contributed by atoms with van der Waals surface area (Å²) in [6, 6.07) is 5.26. The van der Waals surface area contributed by atoms with Crippen LogP contribution >= 0.6 is 0 Å². The quantitative estimate of drug-likeness (QED) is 0.872. The lowest BCUT2D eigenvalue weighted by Gasteiger charge is -2.42. The number of amides is 1. The SMILES string of the molecule is CC(C(=O)Nc1ccccn1)N(C)CC1(C)COC1. The highest BCUT2D eigenvalue weighted by molar-refractivity contribution is 5.93. The number of aromatic nitrogens is 1. The number of rotatable bonds is 5. The average Bonchev–Trinajstić information content (AvgIpc) is 2.37. The van der Waals surface area contributed by atoms with Crippen LogP contribution in [-0.4, -0.2) is 48.6 Å².